The van der Waals surface area contributed by atoms with Crippen LogP contribution in [0.15, 0.2) is 4.36 Å². The van der Waals surface area contributed by atoms with E-state index in [1.807, 2.05) is 6.92 Å². The molecule has 0 aliphatic rings. The highest BCUT2D eigenvalue weighted by Gasteiger charge is 2.16. The van der Waals surface area contributed by atoms with Crippen LogP contribution in [-0.2, 0) is 24.4 Å². The molecule has 0 aliphatic heterocycles. The Balaban J connectivity index is 4.21. The standard InChI is InChI=1S/C10H18NO5S/c1-2-3-6-17(16)11-7-8(10(14)15)4-5-9(12)13/h8H,2-7H2,1H3,(H,12,13)(H,14,15)/q-1. The van der Waals surface area contributed by atoms with Crippen molar-refractivity contribution in [1.29, 1.82) is 0 Å². The van der Waals surface area contributed by atoms with Gasteiger partial charge in [0.2, 0.25) is 0 Å². The maximum atomic E-state index is 11.3. The lowest BCUT2D eigenvalue weighted by molar-refractivity contribution is -0.142. The first-order chi connectivity index (χ1) is 7.97. The summed E-state index contributed by atoms with van der Waals surface area (Å²) < 4.78 is 15.1. The maximum absolute atomic E-state index is 11.3. The molecule has 0 saturated heterocycles. The molecule has 6 nitrogen and oxygen atoms in total. The molecule has 0 heterocycles. The fourth-order valence-corrected chi connectivity index (χ4v) is 2.11. The third-order valence-corrected chi connectivity index (χ3v) is 3.24. The van der Waals surface area contributed by atoms with Gasteiger partial charge in [0.05, 0.1) is 5.92 Å². The van der Waals surface area contributed by atoms with Crippen LogP contribution in [0.5, 0.6) is 0 Å². The molecule has 0 aromatic rings. The molecule has 1 unspecified atom stereocenters. The highest BCUT2D eigenvalue weighted by Crippen LogP contribution is 2.08. The number of carboxylic acids is 2. The Morgan fingerprint density at radius 1 is 1.35 bits per heavy atom. The van der Waals surface area contributed by atoms with Gasteiger partial charge < -0.3 is 18.8 Å². The summed E-state index contributed by atoms with van der Waals surface area (Å²) in [7, 11) is -1.36. The van der Waals surface area contributed by atoms with Crippen LogP contribution in [0.25, 0.3) is 0 Å². The third kappa shape index (κ3) is 8.67. The number of hydrogen-bond donors (Lipinski definition) is 2. The van der Waals surface area contributed by atoms with Gasteiger partial charge in [-0.3, -0.25) is 9.59 Å². The average Bonchev–Trinajstić information content (AvgIpc) is 2.25. The van der Waals surface area contributed by atoms with Crippen molar-refractivity contribution in [3.63, 3.8) is 0 Å². The zero-order valence-electron chi connectivity index (χ0n) is 9.79. The number of rotatable bonds is 9. The van der Waals surface area contributed by atoms with Crippen LogP contribution in [-0.4, -0.2) is 34.4 Å². The molecular formula is C10H18NO5S-. The van der Waals surface area contributed by atoms with Gasteiger partial charge in [0.25, 0.3) is 0 Å². The molecule has 100 valence electrons. The lowest BCUT2D eigenvalue weighted by Gasteiger charge is -2.10. The van der Waals surface area contributed by atoms with Crippen LogP contribution in [0.4, 0.5) is 0 Å². The van der Waals surface area contributed by atoms with Crippen molar-refractivity contribution < 1.29 is 24.0 Å². The number of unbranched alkanes of at least 4 members (excludes halogenated alkanes) is 1. The molecule has 0 bridgehead atoms. The van der Waals surface area contributed by atoms with Crippen LogP contribution in [0, 0.1) is 5.92 Å². The average molecular weight is 264 g/mol. The van der Waals surface area contributed by atoms with Gasteiger partial charge in [-0.25, -0.2) is 0 Å². The molecule has 0 saturated carbocycles. The van der Waals surface area contributed by atoms with E-state index in [-0.39, 0.29) is 19.4 Å². The van der Waals surface area contributed by atoms with E-state index in [9.17, 15) is 13.8 Å². The van der Waals surface area contributed by atoms with Crippen molar-refractivity contribution in [3.05, 3.63) is 0 Å². The van der Waals surface area contributed by atoms with Gasteiger partial charge in [0, 0.05) is 13.0 Å². The van der Waals surface area contributed by atoms with Gasteiger partial charge in [-0.15, -0.1) is 0 Å². The monoisotopic (exact) mass is 264 g/mol. The minimum atomic E-state index is -1.36. The Hall–Kier alpha value is -1.11. The quantitative estimate of drug-likeness (QED) is 0.614. The summed E-state index contributed by atoms with van der Waals surface area (Å²) in [5.74, 6) is -2.57. The molecule has 0 aliphatic carbocycles. The van der Waals surface area contributed by atoms with Crippen LogP contribution < -0.4 is 0 Å². The van der Waals surface area contributed by atoms with E-state index in [4.69, 9.17) is 10.2 Å². The maximum Gasteiger partial charge on any atom is 0.308 e. The first-order valence-electron chi connectivity index (χ1n) is 5.48. The molecule has 0 rings (SSSR count). The van der Waals surface area contributed by atoms with Gasteiger partial charge >= 0.3 is 11.9 Å². The number of nitrogens with zero attached hydrogens (tertiary/aromatic N) is 1. The topological polar surface area (TPSA) is 104 Å². The smallest absolute Gasteiger partial charge is 0.308 e. The highest BCUT2D eigenvalue weighted by molar-refractivity contribution is 7.74. The summed E-state index contributed by atoms with van der Waals surface area (Å²) in [5, 5.41) is 17.3. The summed E-state index contributed by atoms with van der Waals surface area (Å²) >= 11 is 0. The van der Waals surface area contributed by atoms with E-state index in [0.29, 0.717) is 5.75 Å². The van der Waals surface area contributed by atoms with E-state index in [1.54, 1.807) is 0 Å². The second-order valence-electron chi connectivity index (χ2n) is 3.66. The van der Waals surface area contributed by atoms with E-state index >= 15 is 0 Å². The zero-order valence-corrected chi connectivity index (χ0v) is 10.6. The number of aliphatic carboxylic acids is 2. The number of carbonyl (C=O) groups is 2. The fourth-order valence-electron chi connectivity index (χ4n) is 1.10. The predicted octanol–water partition coefficient (Wildman–Crippen LogP) is 1.50. The second-order valence-corrected chi connectivity index (χ2v) is 4.97. The molecule has 0 amide bonds. The lowest BCUT2D eigenvalue weighted by Crippen LogP contribution is -2.18. The van der Waals surface area contributed by atoms with Gasteiger partial charge in [-0.05, 0) is 6.42 Å². The second kappa shape index (κ2) is 8.98. The minimum absolute atomic E-state index is 0.0130. The van der Waals surface area contributed by atoms with Crippen molar-refractivity contribution in [2.45, 2.75) is 32.6 Å². The van der Waals surface area contributed by atoms with E-state index in [2.05, 4.69) is 4.36 Å². The van der Waals surface area contributed by atoms with Crippen molar-refractivity contribution in [2.75, 3.05) is 12.3 Å². The summed E-state index contributed by atoms with van der Waals surface area (Å²) in [6.45, 7) is 1.88. The van der Waals surface area contributed by atoms with Gasteiger partial charge in [0.1, 0.15) is 0 Å². The molecule has 0 fully saturated rings. The highest BCUT2D eigenvalue weighted by atomic mass is 32.2. The van der Waals surface area contributed by atoms with E-state index in [1.165, 1.54) is 0 Å². The van der Waals surface area contributed by atoms with Crippen LogP contribution >= 0.6 is 0 Å². The molecule has 0 aromatic heterocycles. The Morgan fingerprint density at radius 3 is 2.47 bits per heavy atom. The lowest BCUT2D eigenvalue weighted by atomic mass is 10.0. The largest absolute Gasteiger partial charge is 0.481 e. The molecular weight excluding hydrogens is 246 g/mol. The summed E-state index contributed by atoms with van der Waals surface area (Å²) in [6.07, 6.45) is 1.48. The van der Waals surface area contributed by atoms with Gasteiger partial charge in [-0.1, -0.05) is 25.5 Å². The first kappa shape index (κ1) is 15.9. The normalized spacial score (nSPS) is 14.4. The summed E-state index contributed by atoms with van der Waals surface area (Å²) in [6, 6.07) is 0. The Bertz CT molecular complexity index is 336. The van der Waals surface area contributed by atoms with Crippen molar-refractivity contribution in [1.82, 2.24) is 0 Å². The van der Waals surface area contributed by atoms with Crippen LogP contribution in [0.3, 0.4) is 0 Å². The van der Waals surface area contributed by atoms with Crippen LogP contribution in [0.1, 0.15) is 32.6 Å². The van der Waals surface area contributed by atoms with Crippen molar-refractivity contribution >= 4 is 22.5 Å². The third-order valence-electron chi connectivity index (χ3n) is 2.17. The summed E-state index contributed by atoms with van der Waals surface area (Å²) in [5.41, 5.74) is 0. The Kier molecular flexibility index (Phi) is 8.39. The molecule has 2 N–H and O–H groups in total. The van der Waals surface area contributed by atoms with Crippen molar-refractivity contribution in [2.24, 2.45) is 10.3 Å². The van der Waals surface area contributed by atoms with E-state index in [0.717, 1.165) is 12.8 Å². The van der Waals surface area contributed by atoms with Crippen molar-refractivity contribution in [3.8, 4) is 0 Å². The molecule has 0 radical (unpaired) electrons. The molecule has 7 heteroatoms. The van der Waals surface area contributed by atoms with Crippen LogP contribution in [0.2, 0.25) is 0 Å². The molecule has 1 atom stereocenters. The van der Waals surface area contributed by atoms with Gasteiger partial charge in [-0.2, -0.15) is 10.6 Å². The predicted molar refractivity (Wildman–Crippen MR) is 63.1 cm³/mol. The van der Waals surface area contributed by atoms with E-state index < -0.39 is 28.5 Å². The van der Waals surface area contributed by atoms with Gasteiger partial charge in [0.15, 0.2) is 0 Å². The number of hydrogen-bond acceptors (Lipinski definition) is 5. The Labute approximate surface area is 102 Å². The molecule has 0 aromatic carbocycles. The zero-order chi connectivity index (χ0) is 13.3. The molecule has 17 heavy (non-hydrogen) atoms. The SMILES string of the molecule is CCCC[S-](=O)=NCC(CCC(=O)O)C(=O)O. The number of carboxylic acid groups (broad SMARTS) is 2. The minimum Gasteiger partial charge on any atom is -0.481 e. The summed E-state index contributed by atoms with van der Waals surface area (Å²) in [4.78, 5) is 21.1. The fraction of sp³-hybridized carbons (Fsp3) is 0.800. The first-order valence-corrected chi connectivity index (χ1v) is 6.75. The Morgan fingerprint density at radius 2 is 2.00 bits per heavy atom. The molecule has 0 spiro atoms.